The van der Waals surface area contributed by atoms with E-state index in [1.54, 1.807) is 14.0 Å². The number of aromatic nitrogens is 2. The largest absolute Gasteiger partial charge is 0.477 e. The maximum Gasteiger partial charge on any atom is 0.346 e. The predicted octanol–water partition coefficient (Wildman–Crippen LogP) is 2.17. The molecule has 2 aromatic rings. The number of carbonyl (C=O) groups is 1. The molecular formula is C13H17N3O3S. The maximum absolute atomic E-state index is 11.2. The summed E-state index contributed by atoms with van der Waals surface area (Å²) < 4.78 is 5.16. The number of aromatic carboxylic acids is 1. The Kier molecular flexibility index (Phi) is 4.20. The Morgan fingerprint density at radius 3 is 2.85 bits per heavy atom. The van der Waals surface area contributed by atoms with Gasteiger partial charge in [-0.05, 0) is 19.4 Å². The summed E-state index contributed by atoms with van der Waals surface area (Å²) in [5.74, 6) is -0.190. The average Bonchev–Trinajstić information content (AvgIpc) is 2.76. The van der Waals surface area contributed by atoms with Crippen LogP contribution in [-0.2, 0) is 4.74 Å². The third-order valence-electron chi connectivity index (χ3n) is 3.30. The Morgan fingerprint density at radius 1 is 1.55 bits per heavy atom. The lowest BCUT2D eigenvalue weighted by molar-refractivity contribution is 0.0701. The van der Waals surface area contributed by atoms with Crippen molar-refractivity contribution in [3.63, 3.8) is 0 Å². The number of carboxylic acids is 1. The number of thiophene rings is 1. The van der Waals surface area contributed by atoms with Crippen molar-refractivity contribution >= 4 is 33.3 Å². The van der Waals surface area contributed by atoms with Crippen molar-refractivity contribution < 1.29 is 14.6 Å². The Labute approximate surface area is 121 Å². The molecule has 0 radical (unpaired) electrons. The zero-order valence-electron chi connectivity index (χ0n) is 11.9. The van der Waals surface area contributed by atoms with E-state index in [9.17, 15) is 9.90 Å². The molecule has 1 atom stereocenters. The molecule has 2 aromatic heterocycles. The third kappa shape index (κ3) is 2.46. The molecule has 1 unspecified atom stereocenters. The first kappa shape index (κ1) is 14.7. The van der Waals surface area contributed by atoms with Gasteiger partial charge in [-0.3, -0.25) is 0 Å². The fraction of sp³-hybridized carbons (Fsp3) is 0.462. The first-order valence-electron chi connectivity index (χ1n) is 6.16. The molecule has 0 aliphatic heterocycles. The van der Waals surface area contributed by atoms with Gasteiger partial charge in [0.05, 0.1) is 18.0 Å². The van der Waals surface area contributed by atoms with Crippen LogP contribution in [0.4, 0.5) is 5.82 Å². The standard InChI is InChI=1S/C13H17N3O3S/c1-7(5-19-4)16(3)11-9-8(2)10(13(17)18)20-12(9)15-6-14-11/h6-7H,5H2,1-4H3,(H,17,18). The van der Waals surface area contributed by atoms with Gasteiger partial charge in [-0.15, -0.1) is 11.3 Å². The summed E-state index contributed by atoms with van der Waals surface area (Å²) in [6.07, 6.45) is 1.47. The van der Waals surface area contributed by atoms with E-state index in [1.165, 1.54) is 17.7 Å². The van der Waals surface area contributed by atoms with Crippen molar-refractivity contribution in [1.29, 1.82) is 0 Å². The molecule has 20 heavy (non-hydrogen) atoms. The minimum absolute atomic E-state index is 0.130. The van der Waals surface area contributed by atoms with Crippen LogP contribution in [0.5, 0.6) is 0 Å². The van der Waals surface area contributed by atoms with Gasteiger partial charge in [0.1, 0.15) is 21.9 Å². The number of hydrogen-bond acceptors (Lipinski definition) is 6. The van der Waals surface area contributed by atoms with Crippen LogP contribution in [0.15, 0.2) is 6.33 Å². The molecule has 6 nitrogen and oxygen atoms in total. The quantitative estimate of drug-likeness (QED) is 0.911. The summed E-state index contributed by atoms with van der Waals surface area (Å²) in [6, 6.07) is 0.130. The number of nitrogens with zero attached hydrogens (tertiary/aromatic N) is 3. The number of aryl methyl sites for hydroxylation is 1. The van der Waals surface area contributed by atoms with Crippen LogP contribution in [0.3, 0.4) is 0 Å². The molecule has 0 fully saturated rings. The predicted molar refractivity (Wildman–Crippen MR) is 78.9 cm³/mol. The van der Waals surface area contributed by atoms with Gasteiger partial charge >= 0.3 is 5.97 Å². The number of rotatable bonds is 5. The van der Waals surface area contributed by atoms with E-state index in [1.807, 2.05) is 18.9 Å². The summed E-state index contributed by atoms with van der Waals surface area (Å²) >= 11 is 1.18. The lowest BCUT2D eigenvalue weighted by Gasteiger charge is -2.25. The Morgan fingerprint density at radius 2 is 2.25 bits per heavy atom. The molecular weight excluding hydrogens is 278 g/mol. The number of anilines is 1. The first-order valence-corrected chi connectivity index (χ1v) is 6.98. The van der Waals surface area contributed by atoms with Crippen molar-refractivity contribution in [3.05, 3.63) is 16.8 Å². The molecule has 0 aliphatic rings. The highest BCUT2D eigenvalue weighted by atomic mass is 32.1. The van der Waals surface area contributed by atoms with Gasteiger partial charge in [0.25, 0.3) is 0 Å². The highest BCUT2D eigenvalue weighted by Gasteiger charge is 2.21. The van der Waals surface area contributed by atoms with Crippen LogP contribution in [-0.4, -0.2) is 47.8 Å². The molecule has 0 amide bonds. The Bertz CT molecular complexity index is 641. The fourth-order valence-corrected chi connectivity index (χ4v) is 3.07. The van der Waals surface area contributed by atoms with Crippen LogP contribution in [0.2, 0.25) is 0 Å². The molecule has 0 aliphatic carbocycles. The van der Waals surface area contributed by atoms with Gasteiger partial charge in [-0.2, -0.15) is 0 Å². The smallest absolute Gasteiger partial charge is 0.346 e. The van der Waals surface area contributed by atoms with E-state index in [0.29, 0.717) is 21.9 Å². The van der Waals surface area contributed by atoms with E-state index < -0.39 is 5.97 Å². The number of likely N-dealkylation sites (N-methyl/N-ethyl adjacent to an activating group) is 1. The van der Waals surface area contributed by atoms with E-state index in [4.69, 9.17) is 4.74 Å². The lowest BCUT2D eigenvalue weighted by Crippen LogP contribution is -2.33. The zero-order chi connectivity index (χ0) is 14.9. The first-order chi connectivity index (χ1) is 9.47. The summed E-state index contributed by atoms with van der Waals surface area (Å²) in [7, 11) is 3.57. The van der Waals surface area contributed by atoms with Gasteiger partial charge < -0.3 is 14.7 Å². The van der Waals surface area contributed by atoms with Crippen molar-refractivity contribution in [3.8, 4) is 0 Å². The van der Waals surface area contributed by atoms with Crippen LogP contribution in [0.1, 0.15) is 22.2 Å². The molecule has 0 saturated heterocycles. The maximum atomic E-state index is 11.2. The molecule has 0 bridgehead atoms. The van der Waals surface area contributed by atoms with Gasteiger partial charge in [-0.1, -0.05) is 0 Å². The molecule has 2 heterocycles. The second-order valence-electron chi connectivity index (χ2n) is 4.65. The van der Waals surface area contributed by atoms with Gasteiger partial charge in [0.2, 0.25) is 0 Å². The minimum Gasteiger partial charge on any atom is -0.477 e. The molecule has 2 rings (SSSR count). The Balaban J connectivity index is 2.56. The van der Waals surface area contributed by atoms with Crippen molar-refractivity contribution in [2.24, 2.45) is 0 Å². The van der Waals surface area contributed by atoms with Crippen LogP contribution >= 0.6 is 11.3 Å². The highest BCUT2D eigenvalue weighted by molar-refractivity contribution is 7.20. The number of hydrogen-bond donors (Lipinski definition) is 1. The number of ether oxygens (including phenoxy) is 1. The van der Waals surface area contributed by atoms with Crippen molar-refractivity contribution in [2.75, 3.05) is 25.7 Å². The molecule has 0 aromatic carbocycles. The molecule has 0 saturated carbocycles. The van der Waals surface area contributed by atoms with Crippen LogP contribution < -0.4 is 4.90 Å². The monoisotopic (exact) mass is 295 g/mol. The third-order valence-corrected chi connectivity index (χ3v) is 4.49. The minimum atomic E-state index is -0.927. The van der Waals surface area contributed by atoms with Crippen molar-refractivity contribution in [2.45, 2.75) is 19.9 Å². The molecule has 7 heteroatoms. The molecule has 108 valence electrons. The second-order valence-corrected chi connectivity index (χ2v) is 5.65. The average molecular weight is 295 g/mol. The number of fused-ring (bicyclic) bond motifs is 1. The van der Waals surface area contributed by atoms with Crippen LogP contribution in [0.25, 0.3) is 10.2 Å². The van der Waals surface area contributed by atoms with Crippen LogP contribution in [0, 0.1) is 6.92 Å². The topological polar surface area (TPSA) is 75.5 Å². The van der Waals surface area contributed by atoms with Gasteiger partial charge in [0, 0.05) is 14.2 Å². The van der Waals surface area contributed by atoms with E-state index in [0.717, 1.165) is 11.2 Å². The zero-order valence-corrected chi connectivity index (χ0v) is 12.7. The number of carboxylic acid groups (broad SMARTS) is 1. The van der Waals surface area contributed by atoms with E-state index >= 15 is 0 Å². The van der Waals surface area contributed by atoms with E-state index in [-0.39, 0.29) is 6.04 Å². The Hall–Kier alpha value is -1.73. The second kappa shape index (κ2) is 5.72. The van der Waals surface area contributed by atoms with Gasteiger partial charge in [0.15, 0.2) is 0 Å². The van der Waals surface area contributed by atoms with Gasteiger partial charge in [-0.25, -0.2) is 14.8 Å². The SMILES string of the molecule is COCC(C)N(C)c1ncnc2sc(C(=O)O)c(C)c12. The summed E-state index contributed by atoms with van der Waals surface area (Å²) in [4.78, 5) is 22.7. The lowest BCUT2D eigenvalue weighted by atomic mass is 10.2. The van der Waals surface area contributed by atoms with E-state index in [2.05, 4.69) is 9.97 Å². The molecule has 1 N–H and O–H groups in total. The summed E-state index contributed by atoms with van der Waals surface area (Å²) in [6.45, 7) is 4.39. The number of methoxy groups -OCH3 is 1. The van der Waals surface area contributed by atoms with Crippen molar-refractivity contribution in [1.82, 2.24) is 9.97 Å². The summed E-state index contributed by atoms with van der Waals surface area (Å²) in [5, 5.41) is 10.0. The normalized spacial score (nSPS) is 12.6. The molecule has 0 spiro atoms. The fourth-order valence-electron chi connectivity index (χ4n) is 2.09. The highest BCUT2D eigenvalue weighted by Crippen LogP contribution is 2.34. The summed E-state index contributed by atoms with van der Waals surface area (Å²) in [5.41, 5.74) is 0.713.